The molecule has 0 aromatic heterocycles. The van der Waals surface area contributed by atoms with Crippen LogP contribution >= 0.6 is 15.6 Å². The summed E-state index contributed by atoms with van der Waals surface area (Å²) in [7, 11) is -10.1. The van der Waals surface area contributed by atoms with Crippen LogP contribution in [0.4, 0.5) is 0 Å². The van der Waals surface area contributed by atoms with E-state index in [0.29, 0.717) is 0 Å². The molecule has 4 N–H and O–H groups in total. The van der Waals surface area contributed by atoms with Crippen LogP contribution in [0.3, 0.4) is 0 Å². The predicted octanol–water partition coefficient (Wildman–Crippen LogP) is -2.11. The summed E-state index contributed by atoms with van der Waals surface area (Å²) < 4.78 is 22.2. The first kappa shape index (κ1) is 29.6. The van der Waals surface area contributed by atoms with Crippen LogP contribution in [0.5, 0.6) is 0 Å². The molecule has 0 aromatic carbocycles. The molecule has 0 fully saturated rings. The molecule has 13 heteroatoms. The number of phosphoric acid groups is 2. The molecular formula is H6Fe2Li2O7P2. The van der Waals surface area contributed by atoms with E-state index in [1.807, 2.05) is 0 Å². The third-order valence-corrected chi connectivity index (χ3v) is 1.91. The van der Waals surface area contributed by atoms with Crippen molar-refractivity contribution in [2.45, 2.75) is 0 Å². The van der Waals surface area contributed by atoms with Crippen LogP contribution in [-0.2, 0) is 47.6 Å². The van der Waals surface area contributed by atoms with Crippen LogP contribution < -0.4 is 0 Å². The SMILES string of the molecule is O=P(O)(O)OP(=O)(O)O.[Fe].[Fe].[LiH].[LiH]. The normalized spacial score (nSPS) is 9.54. The molecule has 0 saturated carbocycles. The molecule has 0 aliphatic carbocycles. The molecule has 0 heterocycles. The Morgan fingerprint density at radius 3 is 0.923 bits per heavy atom. The zero-order chi connectivity index (χ0) is 7.71. The Balaban J connectivity index is -0.0000000533. The Morgan fingerprint density at radius 2 is 0.923 bits per heavy atom. The van der Waals surface area contributed by atoms with E-state index in [0.717, 1.165) is 0 Å². The minimum absolute atomic E-state index is 0. The first-order valence-electron chi connectivity index (χ1n) is 1.53. The van der Waals surface area contributed by atoms with E-state index < -0.39 is 15.6 Å². The van der Waals surface area contributed by atoms with E-state index in [-0.39, 0.29) is 71.9 Å². The molecule has 0 spiro atoms. The van der Waals surface area contributed by atoms with Gasteiger partial charge >= 0.3 is 53.4 Å². The van der Waals surface area contributed by atoms with Gasteiger partial charge in [-0.1, -0.05) is 0 Å². The van der Waals surface area contributed by atoms with E-state index in [9.17, 15) is 9.13 Å². The van der Waals surface area contributed by atoms with Gasteiger partial charge in [0.1, 0.15) is 0 Å². The Hall–Kier alpha value is 2.49. The van der Waals surface area contributed by atoms with Crippen molar-refractivity contribution in [1.29, 1.82) is 0 Å². The molecule has 76 valence electrons. The van der Waals surface area contributed by atoms with Crippen LogP contribution in [0.15, 0.2) is 0 Å². The summed E-state index contributed by atoms with van der Waals surface area (Å²) >= 11 is 0. The van der Waals surface area contributed by atoms with Gasteiger partial charge in [0.05, 0.1) is 0 Å². The van der Waals surface area contributed by atoms with Crippen LogP contribution in [0, 0.1) is 0 Å². The van der Waals surface area contributed by atoms with Gasteiger partial charge < -0.3 is 19.6 Å². The summed E-state index contributed by atoms with van der Waals surface area (Å²) in [6.45, 7) is 0. The van der Waals surface area contributed by atoms with Crippen molar-refractivity contribution in [1.82, 2.24) is 0 Å². The number of hydrogen-bond donors (Lipinski definition) is 4. The van der Waals surface area contributed by atoms with Gasteiger partial charge in [-0.25, -0.2) is 9.13 Å². The van der Waals surface area contributed by atoms with Crippen LogP contribution in [0.25, 0.3) is 0 Å². The molecule has 0 unspecified atom stereocenters. The van der Waals surface area contributed by atoms with Crippen molar-refractivity contribution in [3.63, 3.8) is 0 Å². The molecular weight excluding hydrogens is 300 g/mol. The molecule has 0 saturated heterocycles. The van der Waals surface area contributed by atoms with Crippen molar-refractivity contribution in [2.75, 3.05) is 0 Å². The Bertz CT molecular complexity index is 163. The third-order valence-electron chi connectivity index (χ3n) is 0.213. The van der Waals surface area contributed by atoms with Crippen molar-refractivity contribution < 1.29 is 67.2 Å². The molecule has 0 atom stereocenters. The summed E-state index contributed by atoms with van der Waals surface area (Å²) in [5.74, 6) is 0. The maximum atomic E-state index is 9.63. The van der Waals surface area contributed by atoms with Gasteiger partial charge in [0.25, 0.3) is 0 Å². The molecule has 0 bridgehead atoms. The molecule has 0 aliphatic heterocycles. The monoisotopic (exact) mass is 306 g/mol. The minimum atomic E-state index is -5.05. The van der Waals surface area contributed by atoms with Gasteiger partial charge in [0.15, 0.2) is 0 Å². The van der Waals surface area contributed by atoms with Gasteiger partial charge in [-0.3, -0.25) is 0 Å². The van der Waals surface area contributed by atoms with E-state index in [4.69, 9.17) is 19.6 Å². The number of rotatable bonds is 2. The fourth-order valence-electron chi connectivity index (χ4n) is 0.139. The summed E-state index contributed by atoms with van der Waals surface area (Å²) in [5.41, 5.74) is 0. The van der Waals surface area contributed by atoms with Gasteiger partial charge in [0, 0.05) is 34.1 Å². The first-order valence-corrected chi connectivity index (χ1v) is 4.59. The van der Waals surface area contributed by atoms with E-state index in [2.05, 4.69) is 4.31 Å². The molecule has 0 aliphatic rings. The molecule has 0 amide bonds. The van der Waals surface area contributed by atoms with Gasteiger partial charge in [-0.15, -0.1) is 0 Å². The summed E-state index contributed by atoms with van der Waals surface area (Å²) in [6, 6.07) is 0. The molecule has 0 rings (SSSR count). The van der Waals surface area contributed by atoms with E-state index in [1.54, 1.807) is 0 Å². The molecule has 7 nitrogen and oxygen atoms in total. The maximum absolute atomic E-state index is 9.63. The third kappa shape index (κ3) is 31.4. The van der Waals surface area contributed by atoms with Crippen LogP contribution in [0.1, 0.15) is 0 Å². The fourth-order valence-corrected chi connectivity index (χ4v) is 1.25. The topological polar surface area (TPSA) is 124 Å². The van der Waals surface area contributed by atoms with Crippen LogP contribution in [-0.4, -0.2) is 57.3 Å². The van der Waals surface area contributed by atoms with Gasteiger partial charge in [0.2, 0.25) is 0 Å². The Labute approximate surface area is 120 Å². The zero-order valence-electron chi connectivity index (χ0n) is 4.62. The predicted molar refractivity (Wildman–Crippen MR) is 39.5 cm³/mol. The van der Waals surface area contributed by atoms with Crippen molar-refractivity contribution in [3.8, 4) is 0 Å². The fraction of sp³-hybridized carbons (Fsp3) is 0. The summed E-state index contributed by atoms with van der Waals surface area (Å²) in [5, 5.41) is 0. The second kappa shape index (κ2) is 11.0. The molecule has 0 aromatic rings. The van der Waals surface area contributed by atoms with E-state index >= 15 is 0 Å². The Kier molecular flexibility index (Phi) is 25.0. The first-order chi connectivity index (χ1) is 3.71. The van der Waals surface area contributed by atoms with Crippen molar-refractivity contribution in [3.05, 3.63) is 0 Å². The van der Waals surface area contributed by atoms with Gasteiger partial charge in [-0.05, 0) is 0 Å². The zero-order valence-corrected chi connectivity index (χ0v) is 8.61. The molecule has 13 heavy (non-hydrogen) atoms. The second-order valence-corrected chi connectivity index (χ2v) is 3.68. The van der Waals surface area contributed by atoms with Crippen molar-refractivity contribution in [2.24, 2.45) is 0 Å². The summed E-state index contributed by atoms with van der Waals surface area (Å²) in [6.07, 6.45) is 0. The van der Waals surface area contributed by atoms with Gasteiger partial charge in [-0.2, -0.15) is 4.31 Å². The van der Waals surface area contributed by atoms with Crippen molar-refractivity contribution >= 4 is 53.4 Å². The second-order valence-electron chi connectivity index (χ2n) is 1.06. The van der Waals surface area contributed by atoms with E-state index in [1.165, 1.54) is 0 Å². The molecule has 0 radical (unpaired) electrons. The average Bonchev–Trinajstić information content (AvgIpc) is 1.14. The quantitative estimate of drug-likeness (QED) is 0.340. The number of hydrogen-bond acceptors (Lipinski definition) is 3. The standard InChI is InChI=1S/2Fe.2Li.H4O7P2.2H/c;;;;1-8(2,3)7-9(4,5)6;;/h;;;;(H2,1,2,3)(H2,4,5,6);;. The average molecular weight is 306 g/mol. The Morgan fingerprint density at radius 1 is 0.769 bits per heavy atom. The summed E-state index contributed by atoms with van der Waals surface area (Å²) in [4.78, 5) is 31.0. The van der Waals surface area contributed by atoms with Crippen LogP contribution in [0.2, 0.25) is 0 Å².